The van der Waals surface area contributed by atoms with Crippen molar-refractivity contribution in [1.29, 1.82) is 0 Å². The molecule has 5 heteroatoms. The largest absolute Gasteiger partial charge is 0.462 e. The summed E-state index contributed by atoms with van der Waals surface area (Å²) >= 11 is 0. The van der Waals surface area contributed by atoms with Crippen molar-refractivity contribution in [2.24, 2.45) is 0 Å². The van der Waals surface area contributed by atoms with Gasteiger partial charge in [0.25, 0.3) is 5.91 Å². The van der Waals surface area contributed by atoms with E-state index in [1.54, 1.807) is 30.0 Å². The van der Waals surface area contributed by atoms with Crippen molar-refractivity contribution in [2.45, 2.75) is 13.8 Å². The van der Waals surface area contributed by atoms with E-state index in [4.69, 9.17) is 9.15 Å². The predicted molar refractivity (Wildman–Crippen MR) is 141 cm³/mol. The zero-order valence-electron chi connectivity index (χ0n) is 20.1. The average molecular weight is 476 g/mol. The lowest BCUT2D eigenvalue weighted by Crippen LogP contribution is -2.24. The van der Waals surface area contributed by atoms with Crippen LogP contribution in [0.25, 0.3) is 23.1 Å². The summed E-state index contributed by atoms with van der Waals surface area (Å²) in [6, 6.07) is 28.5. The maximum Gasteiger partial charge on any atom is 0.338 e. The molecular weight excluding hydrogens is 450 g/mol. The van der Waals surface area contributed by atoms with Crippen LogP contribution in [0, 0.1) is 6.92 Å². The predicted octanol–water partition coefficient (Wildman–Crippen LogP) is 6.90. The highest BCUT2D eigenvalue weighted by atomic mass is 16.5. The second kappa shape index (κ2) is 9.92. The number of furan rings is 1. The molecule has 0 saturated carbocycles. The number of anilines is 1. The van der Waals surface area contributed by atoms with E-state index in [1.807, 2.05) is 91.9 Å². The van der Waals surface area contributed by atoms with Crippen LogP contribution in [0.1, 0.15) is 34.2 Å². The minimum absolute atomic E-state index is 0.115. The highest BCUT2D eigenvalue weighted by molar-refractivity contribution is 6.23. The molecule has 178 valence electrons. The number of nitrogens with zero attached hydrogens (tertiary/aromatic N) is 1. The Morgan fingerprint density at radius 1 is 0.917 bits per heavy atom. The number of carbonyl (C=O) groups is 2. The Labute approximate surface area is 209 Å². The first-order chi connectivity index (χ1) is 17.5. The molecule has 0 bridgehead atoms. The molecule has 0 N–H and O–H groups in total. The number of ether oxygens (including phenoxy) is 1. The van der Waals surface area contributed by atoms with Gasteiger partial charge in [-0.2, -0.15) is 0 Å². The van der Waals surface area contributed by atoms with E-state index in [0.29, 0.717) is 29.3 Å². The monoisotopic (exact) mass is 475 g/mol. The van der Waals surface area contributed by atoms with Crippen molar-refractivity contribution < 1.29 is 18.7 Å². The Kier molecular flexibility index (Phi) is 6.37. The van der Waals surface area contributed by atoms with Crippen molar-refractivity contribution in [3.05, 3.63) is 125 Å². The topological polar surface area (TPSA) is 59.8 Å². The summed E-state index contributed by atoms with van der Waals surface area (Å²) in [6.45, 7) is 4.12. The summed E-state index contributed by atoms with van der Waals surface area (Å²) in [6.07, 6.45) is 3.66. The fourth-order valence-electron chi connectivity index (χ4n) is 4.18. The van der Waals surface area contributed by atoms with Crippen LogP contribution >= 0.6 is 0 Å². The molecule has 2 heterocycles. The van der Waals surface area contributed by atoms with Gasteiger partial charge < -0.3 is 9.15 Å². The summed E-state index contributed by atoms with van der Waals surface area (Å²) in [5.41, 5.74) is 5.52. The van der Waals surface area contributed by atoms with Crippen LogP contribution < -0.4 is 4.90 Å². The molecule has 0 atom stereocenters. The van der Waals surface area contributed by atoms with E-state index >= 15 is 0 Å². The van der Waals surface area contributed by atoms with E-state index in [9.17, 15) is 9.59 Å². The molecule has 4 aromatic rings. The molecule has 3 aromatic carbocycles. The smallest absolute Gasteiger partial charge is 0.338 e. The van der Waals surface area contributed by atoms with E-state index in [1.165, 1.54) is 0 Å². The Morgan fingerprint density at radius 2 is 1.69 bits per heavy atom. The first-order valence-corrected chi connectivity index (χ1v) is 11.8. The van der Waals surface area contributed by atoms with Gasteiger partial charge in [0.1, 0.15) is 11.5 Å². The average Bonchev–Trinajstić information content (AvgIpc) is 3.49. The van der Waals surface area contributed by atoms with E-state index in [0.717, 1.165) is 28.1 Å². The van der Waals surface area contributed by atoms with E-state index in [-0.39, 0.29) is 11.9 Å². The third-order valence-corrected chi connectivity index (χ3v) is 5.92. The van der Waals surface area contributed by atoms with Gasteiger partial charge in [-0.25, -0.2) is 4.79 Å². The molecule has 0 spiro atoms. The molecule has 1 amide bonds. The SMILES string of the molecule is CCOC(=O)c1ccc(-c2ccc(C=C3C=C(c4ccccc4)N(c4cccc(C)c4)C3=O)o2)cc1. The minimum Gasteiger partial charge on any atom is -0.462 e. The Bertz CT molecular complexity index is 1480. The summed E-state index contributed by atoms with van der Waals surface area (Å²) in [7, 11) is 0. The first-order valence-electron chi connectivity index (χ1n) is 11.8. The zero-order chi connectivity index (χ0) is 25.1. The quantitative estimate of drug-likeness (QED) is 0.225. The third-order valence-electron chi connectivity index (χ3n) is 5.92. The highest BCUT2D eigenvalue weighted by Gasteiger charge is 2.30. The standard InChI is InChI=1S/C31H25NO4/c1-3-35-31(34)24-14-12-23(13-15-24)29-17-16-27(36-29)19-25-20-28(22-9-5-4-6-10-22)32(30(25)33)26-11-7-8-21(2)18-26/h4-20H,3H2,1-2H3. The number of hydrogen-bond donors (Lipinski definition) is 0. The van der Waals surface area contributed by atoms with Gasteiger partial charge in [0, 0.05) is 16.8 Å². The summed E-state index contributed by atoms with van der Waals surface area (Å²) in [5.74, 6) is 0.743. The van der Waals surface area contributed by atoms with Crippen molar-refractivity contribution in [3.8, 4) is 11.3 Å². The number of esters is 1. The van der Waals surface area contributed by atoms with Crippen molar-refractivity contribution in [3.63, 3.8) is 0 Å². The molecule has 0 saturated heterocycles. The third kappa shape index (κ3) is 4.64. The van der Waals surface area contributed by atoms with Crippen LogP contribution in [0.2, 0.25) is 0 Å². The lowest BCUT2D eigenvalue weighted by molar-refractivity contribution is -0.113. The molecule has 1 aliphatic heterocycles. The van der Waals surface area contributed by atoms with Gasteiger partial charge in [-0.3, -0.25) is 9.69 Å². The van der Waals surface area contributed by atoms with Crippen LogP contribution in [-0.2, 0) is 9.53 Å². The molecule has 5 nitrogen and oxygen atoms in total. The maximum absolute atomic E-state index is 13.6. The molecule has 1 aromatic heterocycles. The van der Waals surface area contributed by atoms with Crippen LogP contribution in [0.3, 0.4) is 0 Å². The van der Waals surface area contributed by atoms with Crippen LogP contribution in [0.4, 0.5) is 5.69 Å². The number of rotatable bonds is 6. The van der Waals surface area contributed by atoms with E-state index in [2.05, 4.69) is 0 Å². The first kappa shape index (κ1) is 23.1. The van der Waals surface area contributed by atoms with Gasteiger partial charge >= 0.3 is 5.97 Å². The molecule has 1 aliphatic rings. The number of carbonyl (C=O) groups excluding carboxylic acids is 2. The Morgan fingerprint density at radius 3 is 2.42 bits per heavy atom. The molecule has 0 radical (unpaired) electrons. The van der Waals surface area contributed by atoms with Gasteiger partial charge in [-0.15, -0.1) is 0 Å². The molecule has 5 rings (SSSR count). The molecule has 36 heavy (non-hydrogen) atoms. The van der Waals surface area contributed by atoms with Crippen molar-refractivity contribution in [2.75, 3.05) is 11.5 Å². The fourth-order valence-corrected chi connectivity index (χ4v) is 4.18. The summed E-state index contributed by atoms with van der Waals surface area (Å²) in [5, 5.41) is 0. The number of amides is 1. The lowest BCUT2D eigenvalue weighted by Gasteiger charge is -2.21. The maximum atomic E-state index is 13.6. The number of benzene rings is 3. The van der Waals surface area contributed by atoms with Crippen molar-refractivity contribution >= 4 is 29.3 Å². The second-order valence-corrected chi connectivity index (χ2v) is 8.47. The van der Waals surface area contributed by atoms with Gasteiger partial charge in [0.05, 0.1) is 17.9 Å². The molecular formula is C31H25NO4. The van der Waals surface area contributed by atoms with Crippen LogP contribution in [0.5, 0.6) is 0 Å². The van der Waals surface area contributed by atoms with Crippen LogP contribution in [-0.4, -0.2) is 18.5 Å². The van der Waals surface area contributed by atoms with Gasteiger partial charge in [-0.1, -0.05) is 54.6 Å². The fraction of sp³-hybridized carbons (Fsp3) is 0.0968. The summed E-state index contributed by atoms with van der Waals surface area (Å²) in [4.78, 5) is 27.2. The van der Waals surface area contributed by atoms with Gasteiger partial charge in [0.2, 0.25) is 0 Å². The normalized spacial score (nSPS) is 14.3. The Balaban J connectivity index is 1.46. The summed E-state index contributed by atoms with van der Waals surface area (Å²) < 4.78 is 11.1. The molecule has 0 unspecified atom stereocenters. The minimum atomic E-state index is -0.354. The number of hydrogen-bond acceptors (Lipinski definition) is 4. The van der Waals surface area contributed by atoms with Crippen molar-refractivity contribution in [1.82, 2.24) is 0 Å². The van der Waals surface area contributed by atoms with E-state index < -0.39 is 0 Å². The molecule has 0 aliphatic carbocycles. The van der Waals surface area contributed by atoms with Gasteiger partial charge in [-0.05, 0) is 73.5 Å². The lowest BCUT2D eigenvalue weighted by atomic mass is 10.1. The molecule has 0 fully saturated rings. The van der Waals surface area contributed by atoms with Crippen LogP contribution in [0.15, 0.2) is 107 Å². The zero-order valence-corrected chi connectivity index (χ0v) is 20.1. The second-order valence-electron chi connectivity index (χ2n) is 8.47. The van der Waals surface area contributed by atoms with Gasteiger partial charge in [0.15, 0.2) is 0 Å². The number of aryl methyl sites for hydroxylation is 1. The Hall–Kier alpha value is -4.64. The highest BCUT2D eigenvalue weighted by Crippen LogP contribution is 2.36.